The van der Waals surface area contributed by atoms with Crippen molar-refractivity contribution in [3.05, 3.63) is 47.4 Å². The fourth-order valence-corrected chi connectivity index (χ4v) is 4.85. The summed E-state index contributed by atoms with van der Waals surface area (Å²) in [4.78, 5) is 21.5. The van der Waals surface area contributed by atoms with Crippen LogP contribution < -0.4 is 4.72 Å². The molecule has 1 saturated heterocycles. The van der Waals surface area contributed by atoms with Crippen LogP contribution in [-0.4, -0.2) is 53.7 Å². The Morgan fingerprint density at radius 3 is 2.42 bits per heavy atom. The summed E-state index contributed by atoms with van der Waals surface area (Å²) in [7, 11) is -3.63. The summed E-state index contributed by atoms with van der Waals surface area (Å²) in [6, 6.07) is 5.81. The molecule has 0 amide bonds. The van der Waals surface area contributed by atoms with E-state index in [-0.39, 0.29) is 30.0 Å². The molecule has 1 aromatic carbocycles. The van der Waals surface area contributed by atoms with E-state index in [9.17, 15) is 17.6 Å². The first kappa shape index (κ1) is 31.6. The number of carbonyl (C=O) groups is 1. The van der Waals surface area contributed by atoms with Crippen LogP contribution in [0.15, 0.2) is 30.3 Å². The first-order valence-corrected chi connectivity index (χ1v) is 15.1. The predicted octanol–water partition coefficient (Wildman–Crippen LogP) is 5.82. The Balaban J connectivity index is 2.01. The van der Waals surface area contributed by atoms with Crippen LogP contribution in [0.1, 0.15) is 85.4 Å². The van der Waals surface area contributed by atoms with Gasteiger partial charge in [0.1, 0.15) is 11.4 Å². The number of nitrogens with one attached hydrogen (secondary N) is 1. The van der Waals surface area contributed by atoms with E-state index in [0.717, 1.165) is 0 Å². The van der Waals surface area contributed by atoms with Crippen LogP contribution in [0.5, 0.6) is 0 Å². The summed E-state index contributed by atoms with van der Waals surface area (Å²) in [5.41, 5.74) is 1.70. The van der Waals surface area contributed by atoms with E-state index in [1.807, 2.05) is 46.8 Å². The van der Waals surface area contributed by atoms with E-state index in [1.165, 1.54) is 19.1 Å². The molecule has 0 saturated carbocycles. The number of hydrogen-bond acceptors (Lipinski definition) is 8. The van der Waals surface area contributed by atoms with Gasteiger partial charge in [0.05, 0.1) is 35.8 Å². The second kappa shape index (κ2) is 12.3. The van der Waals surface area contributed by atoms with Crippen LogP contribution >= 0.6 is 0 Å². The van der Waals surface area contributed by atoms with Crippen molar-refractivity contribution in [3.63, 3.8) is 0 Å². The highest BCUT2D eigenvalue weighted by Crippen LogP contribution is 2.33. The second-order valence-electron chi connectivity index (χ2n) is 11.5. The fourth-order valence-electron chi connectivity index (χ4n) is 4.34. The zero-order chi connectivity index (χ0) is 29.9. The van der Waals surface area contributed by atoms with Crippen molar-refractivity contribution < 1.29 is 31.8 Å². The highest BCUT2D eigenvalue weighted by Gasteiger charge is 2.36. The lowest BCUT2D eigenvalue weighted by molar-refractivity contribution is -0.290. The van der Waals surface area contributed by atoms with Crippen LogP contribution in [0.3, 0.4) is 0 Å². The molecule has 0 aliphatic carbocycles. The van der Waals surface area contributed by atoms with Crippen molar-refractivity contribution in [2.24, 2.45) is 0 Å². The third-order valence-corrected chi connectivity index (χ3v) is 7.19. The molecule has 0 unspecified atom stereocenters. The second-order valence-corrected chi connectivity index (χ2v) is 13.6. The van der Waals surface area contributed by atoms with Gasteiger partial charge >= 0.3 is 5.97 Å². The van der Waals surface area contributed by atoms with E-state index >= 15 is 0 Å². The monoisotopic (exact) mass is 577 g/mol. The maximum Gasteiger partial charge on any atom is 0.308 e. The third kappa shape index (κ3) is 9.07. The molecular weight excluding hydrogens is 537 g/mol. The van der Waals surface area contributed by atoms with Crippen LogP contribution in [-0.2, 0) is 29.0 Å². The molecule has 9 nitrogen and oxygen atoms in total. The van der Waals surface area contributed by atoms with Gasteiger partial charge in [-0.15, -0.1) is 0 Å². The van der Waals surface area contributed by atoms with E-state index < -0.39 is 39.4 Å². The molecule has 2 aromatic rings. The maximum atomic E-state index is 13.7. The van der Waals surface area contributed by atoms with Gasteiger partial charge in [-0.1, -0.05) is 26.0 Å². The number of rotatable bonds is 9. The molecule has 2 atom stereocenters. The van der Waals surface area contributed by atoms with Crippen molar-refractivity contribution in [1.29, 1.82) is 0 Å². The van der Waals surface area contributed by atoms with E-state index in [0.29, 0.717) is 28.9 Å². The molecule has 0 spiro atoms. The quantitative estimate of drug-likeness (QED) is 0.371. The van der Waals surface area contributed by atoms with Gasteiger partial charge in [0, 0.05) is 17.5 Å². The zero-order valence-electron chi connectivity index (χ0n) is 24.4. The highest BCUT2D eigenvalue weighted by molar-refractivity contribution is 7.92. The number of aromatic nitrogens is 2. The van der Waals surface area contributed by atoms with Crippen LogP contribution in [0, 0.1) is 5.82 Å². The minimum atomic E-state index is -3.63. The number of benzene rings is 1. The third-order valence-electron chi connectivity index (χ3n) is 5.94. The van der Waals surface area contributed by atoms with Gasteiger partial charge in [0.25, 0.3) is 0 Å². The fraction of sp³-hybridized carbons (Fsp3) is 0.552. The van der Waals surface area contributed by atoms with Crippen molar-refractivity contribution in [2.75, 3.05) is 10.5 Å². The molecule has 220 valence electrons. The van der Waals surface area contributed by atoms with Gasteiger partial charge in [-0.05, 0) is 71.7 Å². The summed E-state index contributed by atoms with van der Waals surface area (Å²) >= 11 is 0. The molecule has 11 heteroatoms. The van der Waals surface area contributed by atoms with Gasteiger partial charge in [0.2, 0.25) is 16.0 Å². The number of hydrogen-bond donors (Lipinski definition) is 1. The number of carbonyl (C=O) groups excluding carboxylic acids is 1. The Bertz CT molecular complexity index is 1330. The number of esters is 1. The minimum absolute atomic E-state index is 0.0529. The van der Waals surface area contributed by atoms with Gasteiger partial charge in [-0.2, -0.15) is 0 Å². The highest BCUT2D eigenvalue weighted by atomic mass is 32.2. The lowest BCUT2D eigenvalue weighted by Crippen LogP contribution is -2.45. The minimum Gasteiger partial charge on any atom is -0.460 e. The standard InChI is InChI=1S/C29H40FN3O6S/c1-9-40(35,36)33-27-31-25(18(2)3)23(26(32-27)19-10-12-20(30)13-11-19)15-14-21-16-22(38-29(7,8)37-21)17-24(34)39-28(4,5)6/h10-15,18,21-22H,9,16-17H2,1-8H3,(H,31,32,33)/b15-14+/t21-,22-/m1/s1. The van der Waals surface area contributed by atoms with E-state index in [1.54, 1.807) is 26.0 Å². The topological polar surface area (TPSA) is 117 Å². The summed E-state index contributed by atoms with van der Waals surface area (Å²) < 4.78 is 58.4. The van der Waals surface area contributed by atoms with Gasteiger partial charge in [-0.25, -0.2) is 22.8 Å². The van der Waals surface area contributed by atoms with Gasteiger partial charge in [-0.3, -0.25) is 9.52 Å². The average Bonchev–Trinajstić information content (AvgIpc) is 2.80. The Labute approximate surface area is 236 Å². The smallest absolute Gasteiger partial charge is 0.308 e. The molecular formula is C29H40FN3O6S. The number of ether oxygens (including phenoxy) is 3. The first-order chi connectivity index (χ1) is 18.5. The molecule has 40 heavy (non-hydrogen) atoms. The van der Waals surface area contributed by atoms with Crippen LogP contribution in [0.2, 0.25) is 0 Å². The molecule has 0 radical (unpaired) electrons. The number of halogens is 1. The zero-order valence-corrected chi connectivity index (χ0v) is 25.3. The molecule has 2 heterocycles. The Hall–Kier alpha value is -2.89. The van der Waals surface area contributed by atoms with Crippen LogP contribution in [0.25, 0.3) is 17.3 Å². The number of sulfonamides is 1. The number of anilines is 1. The van der Waals surface area contributed by atoms with Crippen molar-refractivity contribution >= 4 is 28.0 Å². The number of nitrogens with zero attached hydrogens (tertiary/aromatic N) is 2. The summed E-state index contributed by atoms with van der Waals surface area (Å²) in [6.07, 6.45) is 3.37. The van der Waals surface area contributed by atoms with E-state index in [4.69, 9.17) is 14.2 Å². The molecule has 1 N–H and O–H groups in total. The first-order valence-electron chi connectivity index (χ1n) is 13.4. The lowest BCUT2D eigenvalue weighted by Gasteiger charge is -2.39. The lowest BCUT2D eigenvalue weighted by atomic mass is 9.97. The van der Waals surface area contributed by atoms with Gasteiger partial charge in [0.15, 0.2) is 5.79 Å². The molecule has 3 rings (SSSR count). The summed E-state index contributed by atoms with van der Waals surface area (Å²) in [5, 5.41) is 0. The van der Waals surface area contributed by atoms with Crippen molar-refractivity contribution in [3.8, 4) is 11.3 Å². The predicted molar refractivity (Wildman–Crippen MR) is 153 cm³/mol. The summed E-state index contributed by atoms with van der Waals surface area (Å²) in [6.45, 7) is 14.4. The SMILES string of the molecule is CCS(=O)(=O)Nc1nc(-c2ccc(F)cc2)c(/C=C/[C@@H]2C[C@H](CC(=O)OC(C)(C)C)OC(C)(C)O2)c(C(C)C)n1. The van der Waals surface area contributed by atoms with E-state index in [2.05, 4.69) is 14.7 Å². The average molecular weight is 578 g/mol. The molecule has 1 aliphatic heterocycles. The summed E-state index contributed by atoms with van der Waals surface area (Å²) in [5.74, 6) is -1.99. The van der Waals surface area contributed by atoms with Crippen molar-refractivity contribution in [1.82, 2.24) is 9.97 Å². The normalized spacial score (nSPS) is 19.6. The Morgan fingerprint density at radius 2 is 1.85 bits per heavy atom. The molecule has 1 aromatic heterocycles. The molecule has 0 bridgehead atoms. The largest absolute Gasteiger partial charge is 0.460 e. The Morgan fingerprint density at radius 1 is 1.20 bits per heavy atom. The maximum absolute atomic E-state index is 13.7. The molecule has 1 fully saturated rings. The van der Waals surface area contributed by atoms with Gasteiger partial charge < -0.3 is 14.2 Å². The Kier molecular flexibility index (Phi) is 9.74. The molecule has 1 aliphatic rings. The van der Waals surface area contributed by atoms with Crippen LogP contribution in [0.4, 0.5) is 10.3 Å². The van der Waals surface area contributed by atoms with Crippen molar-refractivity contribution in [2.45, 2.75) is 97.7 Å².